The monoisotopic (exact) mass is 227 g/mol. The third-order valence-electron chi connectivity index (χ3n) is 1.90. The zero-order valence-electron chi connectivity index (χ0n) is 8.55. The number of halogens is 1. The molecule has 0 heterocycles. The van der Waals surface area contributed by atoms with Crippen molar-refractivity contribution < 1.29 is 18.8 Å². The van der Waals surface area contributed by atoms with Crippen molar-refractivity contribution in [1.29, 1.82) is 0 Å². The zero-order chi connectivity index (χ0) is 12.1. The molecule has 0 bridgehead atoms. The van der Waals surface area contributed by atoms with Gasteiger partial charge in [-0.3, -0.25) is 14.9 Å². The first-order valence-electron chi connectivity index (χ1n) is 4.52. The number of hydrogen-bond donors (Lipinski definition) is 0. The molecular formula is C10H10FNO4. The molecule has 0 amide bonds. The van der Waals surface area contributed by atoms with Crippen molar-refractivity contribution in [2.24, 2.45) is 0 Å². The summed E-state index contributed by atoms with van der Waals surface area (Å²) in [5.41, 5.74) is 0.135. The molecule has 16 heavy (non-hydrogen) atoms. The second kappa shape index (κ2) is 5.20. The van der Waals surface area contributed by atoms with Crippen LogP contribution in [0.4, 0.5) is 10.1 Å². The fourth-order valence-corrected chi connectivity index (χ4v) is 1.09. The molecule has 0 radical (unpaired) electrons. The summed E-state index contributed by atoms with van der Waals surface area (Å²) in [5, 5.41) is 10.3. The second-order valence-electron chi connectivity index (χ2n) is 3.12. The number of nitro benzene ring substituents is 1. The number of nitro groups is 1. The number of nitrogens with zero attached hydrogens (tertiary/aromatic N) is 1. The van der Waals surface area contributed by atoms with Crippen LogP contribution in [0.5, 0.6) is 0 Å². The molecule has 0 aliphatic heterocycles. The predicted molar refractivity (Wildman–Crippen MR) is 53.6 cm³/mol. The van der Waals surface area contributed by atoms with E-state index in [2.05, 4.69) is 4.74 Å². The van der Waals surface area contributed by atoms with Crippen molar-refractivity contribution in [3.8, 4) is 0 Å². The number of rotatable bonds is 4. The number of benzene rings is 1. The van der Waals surface area contributed by atoms with E-state index in [9.17, 15) is 19.3 Å². The molecule has 0 aliphatic rings. The van der Waals surface area contributed by atoms with Gasteiger partial charge in [0.05, 0.1) is 4.92 Å². The highest BCUT2D eigenvalue weighted by molar-refractivity contribution is 5.65. The van der Waals surface area contributed by atoms with Crippen LogP contribution < -0.4 is 0 Å². The molecule has 0 N–H and O–H groups in total. The van der Waals surface area contributed by atoms with Gasteiger partial charge in [0, 0.05) is 19.1 Å². The first-order chi connectivity index (χ1) is 7.50. The predicted octanol–water partition coefficient (Wildman–Crippen LogP) is 2.17. The quantitative estimate of drug-likeness (QED) is 0.449. The van der Waals surface area contributed by atoms with Gasteiger partial charge in [-0.2, -0.15) is 0 Å². The summed E-state index contributed by atoms with van der Waals surface area (Å²) >= 11 is 0. The Labute approximate surface area is 91.0 Å². The summed E-state index contributed by atoms with van der Waals surface area (Å²) in [5.74, 6) is -0.565. The van der Waals surface area contributed by atoms with E-state index >= 15 is 0 Å². The van der Waals surface area contributed by atoms with E-state index in [1.165, 1.54) is 31.2 Å². The third-order valence-corrected chi connectivity index (χ3v) is 1.90. The summed E-state index contributed by atoms with van der Waals surface area (Å²) < 4.78 is 17.9. The average molecular weight is 227 g/mol. The maximum atomic E-state index is 13.4. The molecule has 0 spiro atoms. The SMILES string of the molecule is CC(=O)OCC(F)c1ccc([N+](=O)[O-])cc1. The molecule has 5 nitrogen and oxygen atoms in total. The lowest BCUT2D eigenvalue weighted by molar-refractivity contribution is -0.384. The van der Waals surface area contributed by atoms with E-state index in [-0.39, 0.29) is 17.9 Å². The van der Waals surface area contributed by atoms with Crippen molar-refractivity contribution in [1.82, 2.24) is 0 Å². The van der Waals surface area contributed by atoms with E-state index in [1.54, 1.807) is 0 Å². The molecule has 86 valence electrons. The van der Waals surface area contributed by atoms with Crippen LogP contribution in [0.3, 0.4) is 0 Å². The van der Waals surface area contributed by atoms with Gasteiger partial charge >= 0.3 is 5.97 Å². The maximum Gasteiger partial charge on any atom is 0.302 e. The first kappa shape index (κ1) is 12.1. The van der Waals surface area contributed by atoms with E-state index < -0.39 is 17.1 Å². The summed E-state index contributed by atoms with van der Waals surface area (Å²) in [7, 11) is 0. The minimum Gasteiger partial charge on any atom is -0.462 e. The Morgan fingerprint density at radius 3 is 2.50 bits per heavy atom. The summed E-state index contributed by atoms with van der Waals surface area (Å²) in [6.45, 7) is 0.801. The average Bonchev–Trinajstić information content (AvgIpc) is 2.26. The van der Waals surface area contributed by atoms with Crippen LogP contribution in [-0.2, 0) is 9.53 Å². The van der Waals surface area contributed by atoms with Crippen LogP contribution in [-0.4, -0.2) is 17.5 Å². The Kier molecular flexibility index (Phi) is 3.93. The van der Waals surface area contributed by atoms with Crippen LogP contribution in [0, 0.1) is 10.1 Å². The molecule has 0 fully saturated rings. The number of alkyl halides is 1. The van der Waals surface area contributed by atoms with Crippen LogP contribution in [0.1, 0.15) is 18.7 Å². The van der Waals surface area contributed by atoms with Crippen LogP contribution in [0.15, 0.2) is 24.3 Å². The normalized spacial score (nSPS) is 11.9. The van der Waals surface area contributed by atoms with E-state index in [1.807, 2.05) is 0 Å². The fourth-order valence-electron chi connectivity index (χ4n) is 1.09. The Morgan fingerprint density at radius 1 is 1.50 bits per heavy atom. The van der Waals surface area contributed by atoms with E-state index in [4.69, 9.17) is 0 Å². The maximum absolute atomic E-state index is 13.4. The lowest BCUT2D eigenvalue weighted by Gasteiger charge is -2.07. The van der Waals surface area contributed by atoms with Crippen molar-refractivity contribution in [2.75, 3.05) is 6.61 Å². The number of esters is 1. The van der Waals surface area contributed by atoms with E-state index in [0.29, 0.717) is 0 Å². The molecule has 1 unspecified atom stereocenters. The fraction of sp³-hybridized carbons (Fsp3) is 0.300. The molecule has 0 saturated carbocycles. The Hall–Kier alpha value is -1.98. The van der Waals surface area contributed by atoms with Gasteiger partial charge in [0.15, 0.2) is 6.17 Å². The van der Waals surface area contributed by atoms with Gasteiger partial charge in [0.1, 0.15) is 6.61 Å². The van der Waals surface area contributed by atoms with Crippen molar-refractivity contribution in [3.63, 3.8) is 0 Å². The Balaban J connectivity index is 2.66. The highest BCUT2D eigenvalue weighted by Gasteiger charge is 2.13. The van der Waals surface area contributed by atoms with Gasteiger partial charge in [-0.25, -0.2) is 4.39 Å². The third kappa shape index (κ3) is 3.30. The number of carbonyl (C=O) groups is 1. The summed E-state index contributed by atoms with van der Waals surface area (Å²) in [4.78, 5) is 20.2. The lowest BCUT2D eigenvalue weighted by atomic mass is 10.1. The van der Waals surface area contributed by atoms with E-state index in [0.717, 1.165) is 0 Å². The van der Waals surface area contributed by atoms with Gasteiger partial charge in [-0.05, 0) is 17.7 Å². The van der Waals surface area contributed by atoms with Crippen LogP contribution >= 0.6 is 0 Å². The molecule has 0 aromatic heterocycles. The molecule has 1 rings (SSSR count). The molecular weight excluding hydrogens is 217 g/mol. The van der Waals surface area contributed by atoms with Gasteiger partial charge in [0.2, 0.25) is 0 Å². The minimum absolute atomic E-state index is 0.108. The molecule has 1 aromatic carbocycles. The highest BCUT2D eigenvalue weighted by Crippen LogP contribution is 2.20. The molecule has 0 saturated heterocycles. The van der Waals surface area contributed by atoms with Crippen LogP contribution in [0.2, 0.25) is 0 Å². The summed E-state index contributed by atoms with van der Waals surface area (Å²) in [6, 6.07) is 5.00. The Bertz CT molecular complexity index is 390. The number of hydrogen-bond acceptors (Lipinski definition) is 4. The first-order valence-corrected chi connectivity index (χ1v) is 4.52. The summed E-state index contributed by atoms with van der Waals surface area (Å²) in [6.07, 6.45) is -1.47. The zero-order valence-corrected chi connectivity index (χ0v) is 8.55. The van der Waals surface area contributed by atoms with Crippen molar-refractivity contribution in [3.05, 3.63) is 39.9 Å². The lowest BCUT2D eigenvalue weighted by Crippen LogP contribution is -2.06. The number of non-ortho nitro benzene ring substituents is 1. The van der Waals surface area contributed by atoms with Gasteiger partial charge < -0.3 is 4.74 Å². The highest BCUT2D eigenvalue weighted by atomic mass is 19.1. The topological polar surface area (TPSA) is 69.4 Å². The second-order valence-corrected chi connectivity index (χ2v) is 3.12. The van der Waals surface area contributed by atoms with Crippen molar-refractivity contribution in [2.45, 2.75) is 13.1 Å². The van der Waals surface area contributed by atoms with Gasteiger partial charge in [-0.15, -0.1) is 0 Å². The molecule has 0 aliphatic carbocycles. The smallest absolute Gasteiger partial charge is 0.302 e. The standard InChI is InChI=1S/C10H10FNO4/c1-7(13)16-6-10(11)8-2-4-9(5-3-8)12(14)15/h2-5,10H,6H2,1H3. The number of carbonyl (C=O) groups excluding carboxylic acids is 1. The van der Waals surface area contributed by atoms with Gasteiger partial charge in [0.25, 0.3) is 5.69 Å². The van der Waals surface area contributed by atoms with Crippen LogP contribution in [0.25, 0.3) is 0 Å². The van der Waals surface area contributed by atoms with Gasteiger partial charge in [-0.1, -0.05) is 0 Å². The number of ether oxygens (including phenoxy) is 1. The van der Waals surface area contributed by atoms with Crippen molar-refractivity contribution >= 4 is 11.7 Å². The molecule has 1 atom stereocenters. The Morgan fingerprint density at radius 2 is 2.06 bits per heavy atom. The molecule has 6 heteroatoms. The largest absolute Gasteiger partial charge is 0.462 e. The minimum atomic E-state index is -1.47. The molecule has 1 aromatic rings.